The summed E-state index contributed by atoms with van der Waals surface area (Å²) in [6.45, 7) is 0. The van der Waals surface area contributed by atoms with Gasteiger partial charge in [0.1, 0.15) is 6.35 Å². The molecule has 0 amide bonds. The van der Waals surface area contributed by atoms with Crippen LogP contribution >= 0.6 is 8.81 Å². The molecular weight excluding hydrogens is 119 g/mol. The molecule has 0 aromatic carbocycles. The van der Waals surface area contributed by atoms with Crippen LogP contribution in [-0.4, -0.2) is 6.35 Å². The Hall–Kier alpha value is 0.270. The number of hydrogen-bond donors (Lipinski definition) is 0. The molecule has 1 aliphatic heterocycles. The molecule has 1 atom stereocenters. The zero-order chi connectivity index (χ0) is 2.83. The van der Waals surface area contributed by atoms with Gasteiger partial charge in [-0.2, -0.15) is 0 Å². The van der Waals surface area contributed by atoms with Gasteiger partial charge in [-0.25, -0.2) is 9.56 Å². The molecule has 1 saturated heterocycles. The van der Waals surface area contributed by atoms with Crippen LogP contribution in [-0.2, 0) is 20.5 Å². The first-order chi connectivity index (χ1) is 2.00. The van der Waals surface area contributed by atoms with Crippen molar-refractivity contribution >= 4 is 8.81 Å². The fraction of sp³-hybridized carbons (Fsp3) is 0.500. The maximum absolute atomic E-state index is 4.25. The van der Waals surface area contributed by atoms with Crippen LogP contribution in [0.4, 0.5) is 0 Å². The van der Waals surface area contributed by atoms with Crippen LogP contribution in [0.1, 0.15) is 0 Å². The van der Waals surface area contributed by atoms with Gasteiger partial charge in [-0.3, -0.25) is 0 Å². The second kappa shape index (κ2) is 9.55. The molecule has 0 aliphatic carbocycles. The fourth-order valence-corrected chi connectivity index (χ4v) is 0.177. The molecule has 0 bridgehead atoms. The summed E-state index contributed by atoms with van der Waals surface area (Å²) in [6.07, 6.45) is 0.806. The van der Waals surface area contributed by atoms with Crippen molar-refractivity contribution in [3.63, 3.8) is 0 Å². The monoisotopic (exact) mass is 122 g/mol. The molecule has 0 radical (unpaired) electrons. The van der Waals surface area contributed by atoms with Crippen LogP contribution in [0.3, 0.4) is 0 Å². The normalized spacial score (nSPS) is 17.1. The largest absolute Gasteiger partial charge is 4.00 e. The molecule has 1 fully saturated rings. The van der Waals surface area contributed by atoms with Crippen LogP contribution < -0.4 is 0 Å². The maximum Gasteiger partial charge on any atom is 4.00 e. The summed E-state index contributed by atoms with van der Waals surface area (Å²) in [7, 11) is 0.599. The van der Waals surface area contributed by atoms with Crippen LogP contribution in [0.5, 0.6) is 0 Å². The first kappa shape index (κ1) is 15.7. The summed E-state index contributed by atoms with van der Waals surface area (Å²) in [4.78, 5) is 4.23. The van der Waals surface area contributed by atoms with E-state index >= 15 is 0 Å². The molecule has 1 aliphatic rings. The average molecular weight is 122 g/mol. The van der Waals surface area contributed by atoms with Gasteiger partial charge in [0.25, 0.3) is 0 Å². The van der Waals surface area contributed by atoms with Gasteiger partial charge in [0.05, 0.1) is 8.81 Å². The molecule has 0 spiro atoms. The van der Waals surface area contributed by atoms with E-state index in [1.807, 2.05) is 0 Å². The first-order valence-corrected chi connectivity index (χ1v) is 2.13. The van der Waals surface area contributed by atoms with Gasteiger partial charge in [0.2, 0.25) is 0 Å². The third kappa shape index (κ3) is 6.27. The minimum atomic E-state index is 0. The predicted molar refractivity (Wildman–Crippen MR) is 20.0 cm³/mol. The van der Waals surface area contributed by atoms with E-state index in [1.165, 1.54) is 0 Å². The van der Waals surface area contributed by atoms with Gasteiger partial charge in [-0.1, -0.05) is 0 Å². The van der Waals surface area contributed by atoms with Crippen molar-refractivity contribution in [2.75, 3.05) is 6.35 Å². The Morgan fingerprint density at radius 1 is 1.29 bits per heavy atom. The van der Waals surface area contributed by atoms with Crippen molar-refractivity contribution in [3.8, 4) is 0 Å². The molecule has 7 heavy (non-hydrogen) atoms. The summed E-state index contributed by atoms with van der Waals surface area (Å²) in [5, 5.41) is 0. The fourth-order valence-electron chi connectivity index (χ4n) is 0.0589. The maximum atomic E-state index is 4.25. The van der Waals surface area contributed by atoms with E-state index in [1.54, 1.807) is 0 Å². The second-order valence-corrected chi connectivity index (χ2v) is 1.23. The second-order valence-electron chi connectivity index (χ2n) is 0.490. The van der Waals surface area contributed by atoms with Crippen molar-refractivity contribution < 1.29 is 20.5 Å². The average Bonchev–Trinajstić information content (AvgIpc) is 0.722. The van der Waals surface area contributed by atoms with Gasteiger partial charge in [0, 0.05) is 0 Å². The van der Waals surface area contributed by atoms with Crippen LogP contribution in [0, 0.1) is 7.43 Å². The number of hydrogen-bond acceptors (Lipinski definition) is 2. The van der Waals surface area contributed by atoms with E-state index in [9.17, 15) is 0 Å². The molecular formula is C2H3O4P. The van der Waals surface area contributed by atoms with Crippen molar-refractivity contribution in [1.29, 1.82) is 0 Å². The molecule has 0 N–H and O–H groups in total. The van der Waals surface area contributed by atoms with E-state index < -0.39 is 0 Å². The van der Waals surface area contributed by atoms with Crippen molar-refractivity contribution in [1.82, 2.24) is 0 Å². The molecule has 0 aromatic rings. The van der Waals surface area contributed by atoms with Crippen LogP contribution in [0.2, 0.25) is 0 Å². The topological polar surface area (TPSA) is 75.5 Å². The van der Waals surface area contributed by atoms with E-state index in [0.717, 1.165) is 6.35 Å². The molecule has 4 nitrogen and oxygen atoms in total. The minimum Gasteiger partial charge on any atom is -2.00 e. The summed E-state index contributed by atoms with van der Waals surface area (Å²) < 4.78 is 4.25. The van der Waals surface area contributed by atoms with Gasteiger partial charge in [0.15, 0.2) is 0 Å². The van der Waals surface area contributed by atoms with E-state index in [2.05, 4.69) is 9.56 Å². The standard InChI is InChI=1S/CH3O2P.C.2O/c1-2-3-4-1;;;/h4H,1H2;;;/q;+4;2*-2. The number of rotatable bonds is 0. The van der Waals surface area contributed by atoms with Gasteiger partial charge in [-0.05, 0) is 0 Å². The zero-order valence-electron chi connectivity index (χ0n) is 3.34. The van der Waals surface area contributed by atoms with Gasteiger partial charge >= 0.3 is 7.43 Å². The summed E-state index contributed by atoms with van der Waals surface area (Å²) >= 11 is 0. The molecule has 0 aromatic heterocycles. The Bertz CT molecular complexity index is 17.7. The van der Waals surface area contributed by atoms with Crippen LogP contribution in [0.25, 0.3) is 0 Å². The smallest absolute Gasteiger partial charge is 2.00 e. The molecule has 5 heteroatoms. The van der Waals surface area contributed by atoms with E-state index in [-0.39, 0.29) is 18.4 Å². The summed E-state index contributed by atoms with van der Waals surface area (Å²) in [5.41, 5.74) is 0. The SMILES string of the molecule is C1OOP1.[C+4].[O-2].[O-2]. The molecule has 1 rings (SSSR count). The van der Waals surface area contributed by atoms with Gasteiger partial charge in [-0.15, -0.1) is 0 Å². The van der Waals surface area contributed by atoms with Crippen molar-refractivity contribution in [3.05, 3.63) is 7.43 Å². The van der Waals surface area contributed by atoms with Crippen LogP contribution in [0.15, 0.2) is 0 Å². The Morgan fingerprint density at radius 3 is 1.43 bits per heavy atom. The third-order valence-corrected chi connectivity index (χ3v) is 0.707. The Balaban J connectivity index is -0.0000000533. The summed E-state index contributed by atoms with van der Waals surface area (Å²) in [6, 6.07) is 0. The van der Waals surface area contributed by atoms with Gasteiger partial charge < -0.3 is 11.0 Å². The predicted octanol–water partition coefficient (Wildman–Crippen LogP) is 0.343. The van der Waals surface area contributed by atoms with E-state index in [0.29, 0.717) is 8.81 Å². The van der Waals surface area contributed by atoms with E-state index in [4.69, 9.17) is 0 Å². The Labute approximate surface area is 44.2 Å². The molecule has 40 valence electrons. The molecule has 1 heterocycles. The Kier molecular flexibility index (Phi) is 21.4. The zero-order valence-corrected chi connectivity index (χ0v) is 4.34. The van der Waals surface area contributed by atoms with Crippen molar-refractivity contribution in [2.24, 2.45) is 0 Å². The third-order valence-electron chi connectivity index (χ3n) is 0.236. The molecule has 1 unspecified atom stereocenters. The quantitative estimate of drug-likeness (QED) is 0.343. The van der Waals surface area contributed by atoms with Crippen molar-refractivity contribution in [2.45, 2.75) is 0 Å². The summed E-state index contributed by atoms with van der Waals surface area (Å²) in [5.74, 6) is 0. The first-order valence-electron chi connectivity index (χ1n) is 1.01. The Morgan fingerprint density at radius 2 is 1.43 bits per heavy atom. The minimum absolute atomic E-state index is 0. The molecule has 0 saturated carbocycles.